The highest BCUT2D eigenvalue weighted by Gasteiger charge is 2.20. The molecule has 0 aliphatic heterocycles. The Morgan fingerprint density at radius 1 is 0.821 bits per heavy atom. The van der Waals surface area contributed by atoms with Crippen molar-refractivity contribution in [2.24, 2.45) is 0 Å². The second-order valence-corrected chi connectivity index (χ2v) is 10.3. The van der Waals surface area contributed by atoms with Crippen LogP contribution in [0.2, 0.25) is 0 Å². The predicted molar refractivity (Wildman–Crippen MR) is 158 cm³/mol. The molecule has 5 rings (SSSR count). The third-order valence-corrected chi connectivity index (χ3v) is 7.18. The fourth-order valence-corrected chi connectivity index (χ4v) is 5.09. The van der Waals surface area contributed by atoms with Crippen LogP contribution in [0.1, 0.15) is 33.9 Å². The first-order valence-electron chi connectivity index (χ1n) is 13.3. The van der Waals surface area contributed by atoms with Crippen LogP contribution in [0.15, 0.2) is 97.1 Å². The normalized spacial score (nSPS) is 11.9. The first-order chi connectivity index (χ1) is 18.9. The van der Waals surface area contributed by atoms with E-state index in [4.69, 9.17) is 5.73 Å². The number of amides is 1. The zero-order valence-corrected chi connectivity index (χ0v) is 22.5. The summed E-state index contributed by atoms with van der Waals surface area (Å²) in [6.45, 7) is 5.17. The molecule has 1 unspecified atom stereocenters. The largest absolute Gasteiger partial charge is 0.399 e. The van der Waals surface area contributed by atoms with Crippen molar-refractivity contribution in [2.45, 2.75) is 39.3 Å². The summed E-state index contributed by atoms with van der Waals surface area (Å²) < 4.78 is 4.13. The zero-order valence-electron chi connectivity index (χ0n) is 22.5. The van der Waals surface area contributed by atoms with E-state index < -0.39 is 0 Å². The van der Waals surface area contributed by atoms with Gasteiger partial charge in [-0.15, -0.1) is 0 Å². The van der Waals surface area contributed by atoms with Gasteiger partial charge in [0.2, 0.25) is 11.5 Å². The van der Waals surface area contributed by atoms with Crippen LogP contribution in [0.3, 0.4) is 0 Å². The smallest absolute Gasteiger partial charge is 0.224 e. The first-order valence-corrected chi connectivity index (χ1v) is 13.3. The number of imidazole rings is 1. The second kappa shape index (κ2) is 11.4. The first kappa shape index (κ1) is 26.0. The summed E-state index contributed by atoms with van der Waals surface area (Å²) in [6.07, 6.45) is 0.948. The highest BCUT2D eigenvalue weighted by Crippen LogP contribution is 2.22. The Morgan fingerprint density at radius 3 is 2.13 bits per heavy atom. The lowest BCUT2D eigenvalue weighted by Crippen LogP contribution is -2.37. The summed E-state index contributed by atoms with van der Waals surface area (Å²) in [7, 11) is 0. The van der Waals surface area contributed by atoms with Gasteiger partial charge >= 0.3 is 0 Å². The average molecular weight is 518 g/mol. The summed E-state index contributed by atoms with van der Waals surface area (Å²) >= 11 is 0. The number of hydrogen-bond donors (Lipinski definition) is 3. The number of anilines is 1. The average Bonchev–Trinajstić information content (AvgIpc) is 3.20. The molecule has 6 nitrogen and oxygen atoms in total. The quantitative estimate of drug-likeness (QED) is 0.231. The van der Waals surface area contributed by atoms with Gasteiger partial charge in [-0.25, -0.2) is 0 Å². The minimum atomic E-state index is -0.144. The minimum absolute atomic E-state index is 0.0648. The Hall–Kier alpha value is -4.58. The molecule has 0 fully saturated rings. The minimum Gasteiger partial charge on any atom is -0.399 e. The predicted octanol–water partition coefficient (Wildman–Crippen LogP) is 5.31. The van der Waals surface area contributed by atoms with E-state index in [9.17, 15) is 10.2 Å². The van der Waals surface area contributed by atoms with Gasteiger partial charge in [0.15, 0.2) is 0 Å². The lowest BCUT2D eigenvalue weighted by atomic mass is 10.0. The molecule has 39 heavy (non-hydrogen) atoms. The van der Waals surface area contributed by atoms with Crippen LogP contribution in [0.5, 0.6) is 0 Å². The lowest BCUT2D eigenvalue weighted by molar-refractivity contribution is -0.120. The van der Waals surface area contributed by atoms with E-state index in [1.54, 1.807) is 0 Å². The lowest BCUT2D eigenvalue weighted by Gasteiger charge is -2.21. The van der Waals surface area contributed by atoms with Crippen molar-refractivity contribution in [3.8, 4) is 0 Å². The van der Waals surface area contributed by atoms with Gasteiger partial charge < -0.3 is 20.2 Å². The van der Waals surface area contributed by atoms with Gasteiger partial charge in [-0.05, 0) is 61.2 Å². The molecule has 0 radical (unpaired) electrons. The van der Waals surface area contributed by atoms with E-state index in [0.717, 1.165) is 27.7 Å². The van der Waals surface area contributed by atoms with Gasteiger partial charge in [-0.3, -0.25) is 10.2 Å². The SMILES string of the molecule is Cc1ccc(CC(CNC(=O)Cc2cccc(N)c2)n2c(=N)n(Cc3ccc(C)cc3)c3ccccc32)cc1. The third-order valence-electron chi connectivity index (χ3n) is 7.18. The van der Waals surface area contributed by atoms with E-state index >= 15 is 0 Å². The third kappa shape index (κ3) is 6.12. The highest BCUT2D eigenvalue weighted by atomic mass is 16.1. The van der Waals surface area contributed by atoms with Crippen LogP contribution in [0.25, 0.3) is 11.0 Å². The van der Waals surface area contributed by atoms with E-state index in [-0.39, 0.29) is 18.4 Å². The zero-order chi connectivity index (χ0) is 27.4. The number of nitrogen functional groups attached to an aromatic ring is 1. The number of carbonyl (C=O) groups is 1. The molecule has 6 heteroatoms. The van der Waals surface area contributed by atoms with Gasteiger partial charge in [-0.1, -0.05) is 83.9 Å². The maximum Gasteiger partial charge on any atom is 0.224 e. The number of nitrogens with two attached hydrogens (primary N) is 1. The molecular formula is C33H35N5O. The molecular weight excluding hydrogens is 482 g/mol. The van der Waals surface area contributed by atoms with Crippen molar-refractivity contribution in [1.82, 2.24) is 14.5 Å². The Balaban J connectivity index is 1.49. The van der Waals surface area contributed by atoms with Crippen molar-refractivity contribution in [2.75, 3.05) is 12.3 Å². The van der Waals surface area contributed by atoms with E-state index in [1.165, 1.54) is 11.1 Å². The molecule has 1 amide bonds. The van der Waals surface area contributed by atoms with Crippen molar-refractivity contribution >= 4 is 22.6 Å². The Bertz CT molecular complexity index is 1640. The molecule has 4 aromatic carbocycles. The molecule has 4 N–H and O–H groups in total. The van der Waals surface area contributed by atoms with E-state index in [1.807, 2.05) is 36.4 Å². The molecule has 0 bridgehead atoms. The molecule has 5 aromatic rings. The summed E-state index contributed by atoms with van der Waals surface area (Å²) in [4.78, 5) is 13.0. The Morgan fingerprint density at radius 2 is 1.46 bits per heavy atom. The topological polar surface area (TPSA) is 88.8 Å². The highest BCUT2D eigenvalue weighted by molar-refractivity contribution is 5.79. The summed E-state index contributed by atoms with van der Waals surface area (Å²) in [5.74, 6) is -0.0648. The van der Waals surface area contributed by atoms with Gasteiger partial charge in [-0.2, -0.15) is 0 Å². The number of nitrogens with one attached hydrogen (secondary N) is 2. The molecule has 1 heterocycles. The monoisotopic (exact) mass is 517 g/mol. The maximum atomic E-state index is 13.0. The molecule has 0 aliphatic rings. The molecule has 1 atom stereocenters. The Kier molecular flexibility index (Phi) is 7.64. The van der Waals surface area contributed by atoms with Crippen LogP contribution >= 0.6 is 0 Å². The summed E-state index contributed by atoms with van der Waals surface area (Å²) in [6, 6.07) is 32.4. The van der Waals surface area contributed by atoms with Crippen LogP contribution in [-0.2, 0) is 24.2 Å². The van der Waals surface area contributed by atoms with Crippen molar-refractivity contribution in [1.29, 1.82) is 5.41 Å². The second-order valence-electron chi connectivity index (χ2n) is 10.3. The molecule has 0 saturated heterocycles. The Labute approximate surface area is 229 Å². The van der Waals surface area contributed by atoms with E-state index in [0.29, 0.717) is 30.8 Å². The molecule has 198 valence electrons. The molecule has 0 aliphatic carbocycles. The number of fused-ring (bicyclic) bond motifs is 1. The number of nitrogens with zero attached hydrogens (tertiary/aromatic N) is 2. The van der Waals surface area contributed by atoms with E-state index in [2.05, 4.69) is 89.0 Å². The van der Waals surface area contributed by atoms with Crippen LogP contribution < -0.4 is 16.7 Å². The van der Waals surface area contributed by atoms with Crippen LogP contribution in [0, 0.1) is 19.3 Å². The fraction of sp³-hybridized carbons (Fsp3) is 0.212. The number of aromatic nitrogens is 2. The molecule has 0 saturated carbocycles. The van der Waals surface area contributed by atoms with Gasteiger partial charge in [0, 0.05) is 12.2 Å². The fourth-order valence-electron chi connectivity index (χ4n) is 5.09. The van der Waals surface area contributed by atoms with Gasteiger partial charge in [0.25, 0.3) is 0 Å². The summed E-state index contributed by atoms with van der Waals surface area (Å²) in [5.41, 5.74) is 14.6. The van der Waals surface area contributed by atoms with Crippen molar-refractivity contribution in [3.63, 3.8) is 0 Å². The van der Waals surface area contributed by atoms with Crippen molar-refractivity contribution < 1.29 is 4.79 Å². The summed E-state index contributed by atoms with van der Waals surface area (Å²) in [5, 5.41) is 12.4. The van der Waals surface area contributed by atoms with Crippen LogP contribution in [0.4, 0.5) is 5.69 Å². The number of carbonyl (C=O) groups excluding carboxylic acids is 1. The van der Waals surface area contributed by atoms with Gasteiger partial charge in [0.05, 0.1) is 30.0 Å². The number of aryl methyl sites for hydroxylation is 2. The molecule has 0 spiro atoms. The number of benzene rings is 4. The standard InChI is InChI=1S/C33H35N5O/c1-23-10-14-25(15-11-23)19-29(21-36-32(39)20-27-6-5-7-28(34)18-27)38-31-9-4-3-8-30(31)37(33(38)35)22-26-16-12-24(2)13-17-26/h3-18,29,35H,19-22,34H2,1-2H3,(H,36,39). The molecule has 1 aromatic heterocycles. The van der Waals surface area contributed by atoms with Crippen molar-refractivity contribution in [3.05, 3.63) is 130 Å². The number of rotatable bonds is 9. The van der Waals surface area contributed by atoms with Crippen LogP contribution in [-0.4, -0.2) is 21.6 Å². The maximum absolute atomic E-state index is 13.0. The number of para-hydroxylation sites is 2. The number of hydrogen-bond acceptors (Lipinski definition) is 3. The van der Waals surface area contributed by atoms with Gasteiger partial charge in [0.1, 0.15) is 0 Å².